The third-order valence-corrected chi connectivity index (χ3v) is 6.08. The summed E-state index contributed by atoms with van der Waals surface area (Å²) in [5.41, 5.74) is 2.42. The van der Waals surface area contributed by atoms with E-state index in [9.17, 15) is 14.9 Å². The number of ether oxygens (including phenoxy) is 1. The molecule has 0 aromatic heterocycles. The van der Waals surface area contributed by atoms with Gasteiger partial charge in [-0.2, -0.15) is 5.26 Å². The van der Waals surface area contributed by atoms with Crippen LogP contribution in [0.2, 0.25) is 0 Å². The molecule has 4 nitrogen and oxygen atoms in total. The maximum absolute atomic E-state index is 13.3. The highest BCUT2D eigenvalue weighted by Gasteiger charge is 2.51. The predicted molar refractivity (Wildman–Crippen MR) is 108 cm³/mol. The van der Waals surface area contributed by atoms with E-state index in [2.05, 4.69) is 32.9 Å². The SMILES string of the molecule is CCOC(=O)C(C#N)[C@H](C(C)CCC=C(C)C)[C@@]1(C)CCC(C)=C(C)C1=O. The molecule has 0 aliphatic heterocycles. The molecular formula is C23H35NO3. The van der Waals surface area contributed by atoms with E-state index in [4.69, 9.17) is 4.74 Å². The molecule has 0 bridgehead atoms. The van der Waals surface area contributed by atoms with Gasteiger partial charge in [0.25, 0.3) is 0 Å². The van der Waals surface area contributed by atoms with Crippen LogP contribution in [0, 0.1) is 34.5 Å². The first kappa shape index (κ1) is 23.1. The summed E-state index contributed by atoms with van der Waals surface area (Å²) in [6.07, 6.45) is 5.37. The van der Waals surface area contributed by atoms with Crippen LogP contribution in [0.15, 0.2) is 22.8 Å². The van der Waals surface area contributed by atoms with E-state index in [-0.39, 0.29) is 24.2 Å². The van der Waals surface area contributed by atoms with Crippen molar-refractivity contribution in [3.05, 3.63) is 22.8 Å². The molecule has 0 aromatic rings. The minimum Gasteiger partial charge on any atom is -0.465 e. The number of Topliss-reactive ketones (excluding diaryl/α,β-unsaturated/α-hetero) is 1. The fourth-order valence-electron chi connectivity index (χ4n) is 4.34. The molecule has 0 radical (unpaired) electrons. The first-order chi connectivity index (χ1) is 12.6. The summed E-state index contributed by atoms with van der Waals surface area (Å²) in [5, 5.41) is 9.82. The van der Waals surface area contributed by atoms with E-state index in [1.165, 1.54) is 5.57 Å². The number of esters is 1. The summed E-state index contributed by atoms with van der Waals surface area (Å²) in [4.78, 5) is 25.8. The standard InChI is InChI=1S/C23H35NO3/c1-8-27-22(26)19(14-24)20(17(5)11-9-10-15(2)3)23(7)13-12-16(4)18(6)21(23)25/h10,17,19-20H,8-9,11-13H2,1-7H3/t17?,19?,20-,23+/m0/s1. The summed E-state index contributed by atoms with van der Waals surface area (Å²) in [6, 6.07) is 2.18. The van der Waals surface area contributed by atoms with Gasteiger partial charge in [-0.15, -0.1) is 0 Å². The minimum atomic E-state index is -0.924. The van der Waals surface area contributed by atoms with Crippen molar-refractivity contribution < 1.29 is 14.3 Å². The average Bonchev–Trinajstić information content (AvgIpc) is 2.60. The van der Waals surface area contributed by atoms with Crippen LogP contribution in [0.25, 0.3) is 0 Å². The molecule has 0 heterocycles. The van der Waals surface area contributed by atoms with Gasteiger partial charge in [-0.25, -0.2) is 0 Å². The van der Waals surface area contributed by atoms with Crippen molar-refractivity contribution in [3.8, 4) is 6.07 Å². The van der Waals surface area contributed by atoms with Crippen molar-refractivity contribution in [2.45, 2.75) is 74.1 Å². The molecule has 1 aliphatic carbocycles. The van der Waals surface area contributed by atoms with E-state index >= 15 is 0 Å². The average molecular weight is 374 g/mol. The lowest BCUT2D eigenvalue weighted by Gasteiger charge is -2.44. The summed E-state index contributed by atoms with van der Waals surface area (Å²) in [5.74, 6) is -1.66. The molecule has 27 heavy (non-hydrogen) atoms. The van der Waals surface area contributed by atoms with E-state index in [0.29, 0.717) is 6.42 Å². The zero-order chi connectivity index (χ0) is 20.8. The molecule has 0 amide bonds. The molecule has 4 heteroatoms. The number of nitrogens with zero attached hydrogens (tertiary/aromatic N) is 1. The lowest BCUT2D eigenvalue weighted by atomic mass is 9.57. The first-order valence-electron chi connectivity index (χ1n) is 10.0. The maximum Gasteiger partial charge on any atom is 0.323 e. The number of nitriles is 1. The third-order valence-electron chi connectivity index (χ3n) is 6.08. The molecule has 2 unspecified atom stereocenters. The predicted octanol–water partition coefficient (Wildman–Crippen LogP) is 5.39. The lowest BCUT2D eigenvalue weighted by Crippen LogP contribution is -2.47. The van der Waals surface area contributed by atoms with E-state index in [0.717, 1.165) is 30.4 Å². The smallest absolute Gasteiger partial charge is 0.323 e. The molecule has 0 saturated carbocycles. The Bertz CT molecular complexity index is 664. The molecule has 0 saturated heterocycles. The molecule has 0 fully saturated rings. The topological polar surface area (TPSA) is 67.2 Å². The molecule has 4 atom stereocenters. The van der Waals surface area contributed by atoms with Crippen LogP contribution in [0.4, 0.5) is 0 Å². The second-order valence-electron chi connectivity index (χ2n) is 8.37. The fraction of sp³-hybridized carbons (Fsp3) is 0.696. The Balaban J connectivity index is 3.32. The fourth-order valence-corrected chi connectivity index (χ4v) is 4.34. The highest BCUT2D eigenvalue weighted by Crippen LogP contribution is 2.49. The van der Waals surface area contributed by atoms with E-state index in [1.54, 1.807) is 6.92 Å². The van der Waals surface area contributed by atoms with Gasteiger partial charge in [0, 0.05) is 11.3 Å². The first-order valence-corrected chi connectivity index (χ1v) is 10.0. The summed E-state index contributed by atoms with van der Waals surface area (Å²) < 4.78 is 5.19. The Kier molecular flexibility index (Phi) is 8.47. The van der Waals surface area contributed by atoms with Crippen molar-refractivity contribution in [3.63, 3.8) is 0 Å². The molecular weight excluding hydrogens is 338 g/mol. The quantitative estimate of drug-likeness (QED) is 0.422. The molecule has 150 valence electrons. The van der Waals surface area contributed by atoms with Crippen LogP contribution < -0.4 is 0 Å². The summed E-state index contributed by atoms with van der Waals surface area (Å²) >= 11 is 0. The number of carbonyl (C=O) groups is 2. The van der Waals surface area contributed by atoms with Gasteiger partial charge >= 0.3 is 5.97 Å². The molecule has 0 N–H and O–H groups in total. The normalized spacial score (nSPS) is 23.3. The van der Waals surface area contributed by atoms with Gasteiger partial charge in [0.2, 0.25) is 0 Å². The lowest BCUT2D eigenvalue weighted by molar-refractivity contribution is -0.152. The van der Waals surface area contributed by atoms with Crippen LogP contribution >= 0.6 is 0 Å². The van der Waals surface area contributed by atoms with Crippen LogP contribution in [-0.4, -0.2) is 18.4 Å². The third kappa shape index (κ3) is 5.31. The number of hydrogen-bond donors (Lipinski definition) is 0. The van der Waals surface area contributed by atoms with E-state index < -0.39 is 17.3 Å². The maximum atomic E-state index is 13.3. The number of allylic oxidation sites excluding steroid dienone is 4. The van der Waals surface area contributed by atoms with Gasteiger partial charge in [0.1, 0.15) is 5.92 Å². The Morgan fingerprint density at radius 2 is 2.00 bits per heavy atom. The summed E-state index contributed by atoms with van der Waals surface area (Å²) in [6.45, 7) is 14.0. The van der Waals surface area contributed by atoms with Crippen molar-refractivity contribution in [2.24, 2.45) is 23.2 Å². The molecule has 1 aliphatic rings. The van der Waals surface area contributed by atoms with Gasteiger partial charge in [0.05, 0.1) is 12.7 Å². The Labute approximate surface area is 164 Å². The van der Waals surface area contributed by atoms with Crippen molar-refractivity contribution >= 4 is 11.8 Å². The van der Waals surface area contributed by atoms with Gasteiger partial charge in [-0.3, -0.25) is 9.59 Å². The second kappa shape index (κ2) is 9.88. The van der Waals surface area contributed by atoms with Crippen molar-refractivity contribution in [1.29, 1.82) is 5.26 Å². The molecule has 0 spiro atoms. The zero-order valence-electron chi connectivity index (χ0n) is 18.0. The second-order valence-corrected chi connectivity index (χ2v) is 8.37. The Morgan fingerprint density at radius 3 is 2.52 bits per heavy atom. The molecule has 1 rings (SSSR count). The van der Waals surface area contributed by atoms with Gasteiger partial charge in [-0.1, -0.05) is 31.1 Å². The van der Waals surface area contributed by atoms with Crippen LogP contribution in [-0.2, 0) is 14.3 Å². The van der Waals surface area contributed by atoms with Gasteiger partial charge in [0.15, 0.2) is 5.78 Å². The monoisotopic (exact) mass is 373 g/mol. The van der Waals surface area contributed by atoms with Gasteiger partial charge < -0.3 is 4.74 Å². The Hall–Kier alpha value is -1.89. The van der Waals surface area contributed by atoms with E-state index in [1.807, 2.05) is 20.8 Å². The zero-order valence-corrected chi connectivity index (χ0v) is 18.0. The van der Waals surface area contributed by atoms with Crippen LogP contribution in [0.5, 0.6) is 0 Å². The van der Waals surface area contributed by atoms with Crippen molar-refractivity contribution in [1.82, 2.24) is 0 Å². The van der Waals surface area contributed by atoms with Crippen LogP contribution in [0.1, 0.15) is 74.1 Å². The minimum absolute atomic E-state index is 0.0508. The summed E-state index contributed by atoms with van der Waals surface area (Å²) in [7, 11) is 0. The number of ketones is 1. The molecule has 0 aromatic carbocycles. The highest BCUT2D eigenvalue weighted by atomic mass is 16.5. The largest absolute Gasteiger partial charge is 0.465 e. The Morgan fingerprint density at radius 1 is 1.37 bits per heavy atom. The number of hydrogen-bond acceptors (Lipinski definition) is 4. The van der Waals surface area contributed by atoms with Crippen LogP contribution in [0.3, 0.4) is 0 Å². The number of carbonyl (C=O) groups excluding carboxylic acids is 2. The highest BCUT2D eigenvalue weighted by molar-refractivity contribution is 6.01. The number of rotatable bonds is 8. The van der Waals surface area contributed by atoms with Gasteiger partial charge in [-0.05, 0) is 71.8 Å². The van der Waals surface area contributed by atoms with Crippen molar-refractivity contribution in [2.75, 3.05) is 6.61 Å².